The highest BCUT2D eigenvalue weighted by molar-refractivity contribution is 5.30. The quantitative estimate of drug-likeness (QED) is 0.862. The Balaban J connectivity index is 2.12. The predicted molar refractivity (Wildman–Crippen MR) is 74.7 cm³/mol. The van der Waals surface area contributed by atoms with Gasteiger partial charge in [0.05, 0.1) is 0 Å². The van der Waals surface area contributed by atoms with E-state index in [0.29, 0.717) is 23.6 Å². The summed E-state index contributed by atoms with van der Waals surface area (Å²) in [5, 5.41) is 9.61. The largest absolute Gasteiger partial charge is 0.508 e. The molecule has 3 N–H and O–H groups in total. The molecule has 100 valence electrons. The molecule has 1 heterocycles. The Kier molecular flexibility index (Phi) is 4.25. The molecule has 3 atom stereocenters. The standard InChI is InChI=1S/C15H24N2O/c1-11-12(2)17(9-7-16)8-6-15(11)13-4-3-5-14(18)10-13/h3-5,10-12,15,18H,6-9,16H2,1-2H3/t11-,12?,15+/m0/s1. The van der Waals surface area contributed by atoms with E-state index >= 15 is 0 Å². The number of phenols is 1. The maximum Gasteiger partial charge on any atom is 0.115 e. The van der Waals surface area contributed by atoms with Gasteiger partial charge in [0.15, 0.2) is 0 Å². The summed E-state index contributed by atoms with van der Waals surface area (Å²) in [6, 6.07) is 8.27. The minimum Gasteiger partial charge on any atom is -0.508 e. The highest BCUT2D eigenvalue weighted by Gasteiger charge is 2.32. The number of nitrogens with two attached hydrogens (primary N) is 1. The van der Waals surface area contributed by atoms with Crippen molar-refractivity contribution in [3.8, 4) is 5.75 Å². The SMILES string of the molecule is CC1[C@H](C)[C@H](c2cccc(O)c2)CCN1CCN. The second kappa shape index (κ2) is 5.72. The first-order valence-corrected chi connectivity index (χ1v) is 6.86. The summed E-state index contributed by atoms with van der Waals surface area (Å²) < 4.78 is 0. The Morgan fingerprint density at radius 1 is 1.39 bits per heavy atom. The minimum atomic E-state index is 0.372. The Hall–Kier alpha value is -1.06. The molecule has 0 bridgehead atoms. The number of piperidine rings is 1. The number of rotatable bonds is 3. The van der Waals surface area contributed by atoms with Crippen LogP contribution in [0.4, 0.5) is 0 Å². The average Bonchev–Trinajstić information content (AvgIpc) is 2.35. The van der Waals surface area contributed by atoms with Gasteiger partial charge < -0.3 is 10.8 Å². The summed E-state index contributed by atoms with van der Waals surface area (Å²) in [5.74, 6) is 1.50. The van der Waals surface area contributed by atoms with Crippen molar-refractivity contribution in [2.75, 3.05) is 19.6 Å². The average molecular weight is 248 g/mol. The van der Waals surface area contributed by atoms with Gasteiger partial charge in [0.1, 0.15) is 5.75 Å². The zero-order chi connectivity index (χ0) is 13.1. The van der Waals surface area contributed by atoms with Crippen LogP contribution in [-0.4, -0.2) is 35.7 Å². The van der Waals surface area contributed by atoms with E-state index < -0.39 is 0 Å². The van der Waals surface area contributed by atoms with Gasteiger partial charge in [-0.05, 0) is 49.4 Å². The van der Waals surface area contributed by atoms with Crippen LogP contribution in [0.1, 0.15) is 31.7 Å². The number of benzene rings is 1. The third-order valence-electron chi connectivity index (χ3n) is 4.41. The first kappa shape index (κ1) is 13.4. The number of hydrogen-bond donors (Lipinski definition) is 2. The molecular formula is C15H24N2O. The van der Waals surface area contributed by atoms with Crippen LogP contribution < -0.4 is 5.73 Å². The van der Waals surface area contributed by atoms with Gasteiger partial charge >= 0.3 is 0 Å². The lowest BCUT2D eigenvalue weighted by molar-refractivity contribution is 0.0994. The van der Waals surface area contributed by atoms with E-state index in [2.05, 4.69) is 24.8 Å². The molecule has 1 aromatic rings. The molecule has 0 saturated carbocycles. The van der Waals surface area contributed by atoms with Crippen molar-refractivity contribution in [1.82, 2.24) is 4.90 Å². The van der Waals surface area contributed by atoms with Crippen LogP contribution in [0, 0.1) is 5.92 Å². The highest BCUT2D eigenvalue weighted by Crippen LogP contribution is 2.37. The first-order valence-electron chi connectivity index (χ1n) is 6.86. The Bertz CT molecular complexity index is 394. The lowest BCUT2D eigenvalue weighted by atomic mass is 9.77. The molecule has 0 aliphatic carbocycles. The fraction of sp³-hybridized carbons (Fsp3) is 0.600. The molecule has 0 radical (unpaired) electrons. The van der Waals surface area contributed by atoms with E-state index in [-0.39, 0.29) is 0 Å². The number of likely N-dealkylation sites (tertiary alicyclic amines) is 1. The van der Waals surface area contributed by atoms with Crippen molar-refractivity contribution in [1.29, 1.82) is 0 Å². The topological polar surface area (TPSA) is 49.5 Å². The number of nitrogens with zero attached hydrogens (tertiary/aromatic N) is 1. The van der Waals surface area contributed by atoms with Crippen LogP contribution in [0.25, 0.3) is 0 Å². The van der Waals surface area contributed by atoms with Gasteiger partial charge in [-0.3, -0.25) is 4.90 Å². The molecule has 18 heavy (non-hydrogen) atoms. The van der Waals surface area contributed by atoms with Crippen molar-refractivity contribution in [3.63, 3.8) is 0 Å². The van der Waals surface area contributed by atoms with Gasteiger partial charge in [-0.15, -0.1) is 0 Å². The van der Waals surface area contributed by atoms with Crippen LogP contribution in [0.2, 0.25) is 0 Å². The van der Waals surface area contributed by atoms with E-state index in [9.17, 15) is 5.11 Å². The predicted octanol–water partition coefficient (Wildman–Crippen LogP) is 2.16. The molecule has 1 aliphatic heterocycles. The summed E-state index contributed by atoms with van der Waals surface area (Å²) >= 11 is 0. The molecular weight excluding hydrogens is 224 g/mol. The summed E-state index contributed by atoms with van der Waals surface area (Å²) in [4.78, 5) is 2.48. The molecule has 3 heteroatoms. The minimum absolute atomic E-state index is 0.372. The van der Waals surface area contributed by atoms with Crippen molar-refractivity contribution < 1.29 is 5.11 Å². The smallest absolute Gasteiger partial charge is 0.115 e. The molecule has 1 aliphatic rings. The molecule has 0 amide bonds. The molecule has 0 spiro atoms. The van der Waals surface area contributed by atoms with Crippen LogP contribution in [-0.2, 0) is 0 Å². The molecule has 2 rings (SSSR count). The van der Waals surface area contributed by atoms with Gasteiger partial charge in [0, 0.05) is 19.1 Å². The van der Waals surface area contributed by atoms with Gasteiger partial charge in [-0.25, -0.2) is 0 Å². The van der Waals surface area contributed by atoms with Gasteiger partial charge in [-0.1, -0.05) is 19.1 Å². The lowest BCUT2D eigenvalue weighted by Gasteiger charge is -2.43. The summed E-state index contributed by atoms with van der Waals surface area (Å²) in [7, 11) is 0. The summed E-state index contributed by atoms with van der Waals surface area (Å²) in [6.45, 7) is 7.41. The van der Waals surface area contributed by atoms with Crippen molar-refractivity contribution in [2.45, 2.75) is 32.2 Å². The molecule has 1 unspecified atom stereocenters. The monoisotopic (exact) mass is 248 g/mol. The summed E-state index contributed by atoms with van der Waals surface area (Å²) in [5.41, 5.74) is 6.92. The molecule has 1 aromatic carbocycles. The third kappa shape index (κ3) is 2.68. The van der Waals surface area contributed by atoms with Gasteiger partial charge in [0.25, 0.3) is 0 Å². The van der Waals surface area contributed by atoms with Crippen LogP contribution in [0.5, 0.6) is 5.75 Å². The first-order chi connectivity index (χ1) is 8.63. The highest BCUT2D eigenvalue weighted by atomic mass is 16.3. The number of aromatic hydroxyl groups is 1. The van der Waals surface area contributed by atoms with Crippen molar-refractivity contribution in [2.24, 2.45) is 11.7 Å². The lowest BCUT2D eigenvalue weighted by Crippen LogP contribution is -2.47. The molecule has 1 fully saturated rings. The summed E-state index contributed by atoms with van der Waals surface area (Å²) in [6.07, 6.45) is 1.15. The van der Waals surface area contributed by atoms with Crippen molar-refractivity contribution in [3.05, 3.63) is 29.8 Å². The number of phenolic OH excluding ortho intramolecular Hbond substituents is 1. The molecule has 3 nitrogen and oxygen atoms in total. The Morgan fingerprint density at radius 3 is 2.83 bits per heavy atom. The molecule has 1 saturated heterocycles. The molecule has 0 aromatic heterocycles. The maximum absolute atomic E-state index is 9.61. The number of hydrogen-bond acceptors (Lipinski definition) is 3. The van der Waals surface area contributed by atoms with E-state index in [1.807, 2.05) is 12.1 Å². The zero-order valence-corrected chi connectivity index (χ0v) is 11.3. The third-order valence-corrected chi connectivity index (χ3v) is 4.41. The van der Waals surface area contributed by atoms with Gasteiger partial charge in [0.2, 0.25) is 0 Å². The van der Waals surface area contributed by atoms with Gasteiger partial charge in [-0.2, -0.15) is 0 Å². The van der Waals surface area contributed by atoms with E-state index in [0.717, 1.165) is 26.1 Å². The van der Waals surface area contributed by atoms with Crippen LogP contribution >= 0.6 is 0 Å². The maximum atomic E-state index is 9.61. The Labute approximate surface area is 110 Å². The van der Waals surface area contributed by atoms with E-state index in [1.54, 1.807) is 6.07 Å². The normalized spacial score (nSPS) is 29.4. The second-order valence-corrected chi connectivity index (χ2v) is 5.41. The van der Waals surface area contributed by atoms with Crippen LogP contribution in [0.3, 0.4) is 0 Å². The van der Waals surface area contributed by atoms with E-state index in [4.69, 9.17) is 5.73 Å². The fourth-order valence-electron chi connectivity index (χ4n) is 3.15. The Morgan fingerprint density at radius 2 is 2.17 bits per heavy atom. The second-order valence-electron chi connectivity index (χ2n) is 5.41. The van der Waals surface area contributed by atoms with Crippen molar-refractivity contribution >= 4 is 0 Å². The van der Waals surface area contributed by atoms with E-state index in [1.165, 1.54) is 5.56 Å². The van der Waals surface area contributed by atoms with Crippen LogP contribution in [0.15, 0.2) is 24.3 Å². The zero-order valence-electron chi connectivity index (χ0n) is 11.3. The fourth-order valence-corrected chi connectivity index (χ4v) is 3.15.